The number of ether oxygens (including phenoxy) is 2. The number of anilines is 1. The Bertz CT molecular complexity index is 762. The molecule has 0 heterocycles. The van der Waals surface area contributed by atoms with Crippen LogP contribution in [0.2, 0.25) is 0 Å². The molecule has 0 amide bonds. The zero-order chi connectivity index (χ0) is 19.2. The maximum absolute atomic E-state index is 13.3. The van der Waals surface area contributed by atoms with Crippen LogP contribution in [0.15, 0.2) is 42.5 Å². The van der Waals surface area contributed by atoms with Gasteiger partial charge in [-0.3, -0.25) is 0 Å². The van der Waals surface area contributed by atoms with Crippen molar-refractivity contribution in [2.45, 2.75) is 12.6 Å². The van der Waals surface area contributed by atoms with Gasteiger partial charge in [0.15, 0.2) is 0 Å². The van der Waals surface area contributed by atoms with Crippen LogP contribution in [0.25, 0.3) is 0 Å². The van der Waals surface area contributed by atoms with Crippen molar-refractivity contribution in [1.29, 1.82) is 0 Å². The SMILES string of the molecule is Nc1ccccc1C(=O)Oc1cccc(C(F)(F)F)c1CCOCCO. The lowest BCUT2D eigenvalue weighted by Gasteiger charge is -2.17. The molecule has 0 radical (unpaired) electrons. The zero-order valence-corrected chi connectivity index (χ0v) is 13.8. The average molecular weight is 369 g/mol. The predicted octanol–water partition coefficient (Wildman–Crippen LogP) is 3.06. The molecule has 0 aliphatic rings. The van der Waals surface area contributed by atoms with E-state index in [1.807, 2.05) is 0 Å². The third kappa shape index (κ3) is 4.96. The summed E-state index contributed by atoms with van der Waals surface area (Å²) in [5, 5.41) is 8.69. The van der Waals surface area contributed by atoms with Crippen LogP contribution >= 0.6 is 0 Å². The normalized spacial score (nSPS) is 11.4. The van der Waals surface area contributed by atoms with E-state index in [1.165, 1.54) is 18.2 Å². The van der Waals surface area contributed by atoms with Gasteiger partial charge in [0, 0.05) is 17.7 Å². The van der Waals surface area contributed by atoms with Gasteiger partial charge in [-0.25, -0.2) is 4.79 Å². The van der Waals surface area contributed by atoms with Crippen LogP contribution in [-0.2, 0) is 17.3 Å². The number of aliphatic hydroxyl groups is 1. The molecule has 0 aliphatic heterocycles. The number of carbonyl (C=O) groups is 1. The Morgan fingerprint density at radius 2 is 1.81 bits per heavy atom. The quantitative estimate of drug-likeness (QED) is 0.339. The van der Waals surface area contributed by atoms with Crippen molar-refractivity contribution in [3.63, 3.8) is 0 Å². The molecule has 140 valence electrons. The van der Waals surface area contributed by atoms with Crippen molar-refractivity contribution in [1.82, 2.24) is 0 Å². The van der Waals surface area contributed by atoms with Crippen molar-refractivity contribution >= 4 is 11.7 Å². The molecular formula is C18H18F3NO4. The lowest BCUT2D eigenvalue weighted by Crippen LogP contribution is -2.16. The van der Waals surface area contributed by atoms with Crippen LogP contribution < -0.4 is 10.5 Å². The first-order chi connectivity index (χ1) is 12.3. The van der Waals surface area contributed by atoms with Gasteiger partial charge in [0.25, 0.3) is 0 Å². The van der Waals surface area contributed by atoms with E-state index in [4.69, 9.17) is 20.3 Å². The molecule has 3 N–H and O–H groups in total. The van der Waals surface area contributed by atoms with Crippen molar-refractivity contribution in [3.8, 4) is 5.75 Å². The van der Waals surface area contributed by atoms with Crippen LogP contribution in [0.1, 0.15) is 21.5 Å². The lowest BCUT2D eigenvalue weighted by molar-refractivity contribution is -0.138. The molecule has 0 fully saturated rings. The summed E-state index contributed by atoms with van der Waals surface area (Å²) in [4.78, 5) is 12.3. The number of alkyl halides is 3. The van der Waals surface area contributed by atoms with Crippen LogP contribution in [0.5, 0.6) is 5.75 Å². The molecule has 2 aromatic rings. The zero-order valence-electron chi connectivity index (χ0n) is 13.8. The minimum atomic E-state index is -4.61. The highest BCUT2D eigenvalue weighted by Crippen LogP contribution is 2.36. The molecule has 0 saturated carbocycles. The van der Waals surface area contributed by atoms with Gasteiger partial charge in [0.1, 0.15) is 5.75 Å². The molecule has 0 aliphatic carbocycles. The number of esters is 1. The maximum Gasteiger partial charge on any atom is 0.416 e. The van der Waals surface area contributed by atoms with E-state index in [0.717, 1.165) is 12.1 Å². The van der Waals surface area contributed by atoms with E-state index >= 15 is 0 Å². The number of nitrogen functional groups attached to an aromatic ring is 1. The van der Waals surface area contributed by atoms with Crippen molar-refractivity contribution < 1.29 is 32.5 Å². The summed E-state index contributed by atoms with van der Waals surface area (Å²) in [6.07, 6.45) is -4.75. The fraction of sp³-hybridized carbons (Fsp3) is 0.278. The first-order valence-electron chi connectivity index (χ1n) is 7.79. The number of nitrogens with two attached hydrogens (primary N) is 1. The monoisotopic (exact) mass is 369 g/mol. The molecule has 0 aromatic heterocycles. The van der Waals surface area contributed by atoms with Crippen LogP contribution in [0.4, 0.5) is 18.9 Å². The predicted molar refractivity (Wildman–Crippen MR) is 88.9 cm³/mol. The van der Waals surface area contributed by atoms with Crippen molar-refractivity contribution in [3.05, 3.63) is 59.2 Å². The molecular weight excluding hydrogens is 351 g/mol. The number of hydrogen-bond donors (Lipinski definition) is 2. The van der Waals surface area contributed by atoms with Crippen molar-refractivity contribution in [2.75, 3.05) is 25.6 Å². The minimum Gasteiger partial charge on any atom is -0.423 e. The highest BCUT2D eigenvalue weighted by Gasteiger charge is 2.34. The van der Waals surface area contributed by atoms with E-state index in [9.17, 15) is 18.0 Å². The van der Waals surface area contributed by atoms with Gasteiger partial charge in [-0.2, -0.15) is 13.2 Å². The molecule has 2 aromatic carbocycles. The van der Waals surface area contributed by atoms with Gasteiger partial charge < -0.3 is 20.3 Å². The van der Waals surface area contributed by atoms with E-state index < -0.39 is 17.7 Å². The third-order valence-electron chi connectivity index (χ3n) is 3.55. The van der Waals surface area contributed by atoms with Gasteiger partial charge in [-0.1, -0.05) is 18.2 Å². The Morgan fingerprint density at radius 1 is 1.08 bits per heavy atom. The fourth-order valence-electron chi connectivity index (χ4n) is 2.36. The summed E-state index contributed by atoms with van der Waals surface area (Å²) in [5.74, 6) is -1.05. The highest BCUT2D eigenvalue weighted by atomic mass is 19.4. The summed E-state index contributed by atoms with van der Waals surface area (Å²) in [6.45, 7) is -0.300. The second-order valence-electron chi connectivity index (χ2n) is 5.34. The smallest absolute Gasteiger partial charge is 0.416 e. The number of rotatable bonds is 7. The summed E-state index contributed by atoms with van der Waals surface area (Å²) >= 11 is 0. The van der Waals surface area contributed by atoms with Gasteiger partial charge >= 0.3 is 12.1 Å². The fourth-order valence-corrected chi connectivity index (χ4v) is 2.36. The van der Waals surface area contributed by atoms with E-state index in [1.54, 1.807) is 12.1 Å². The van der Waals surface area contributed by atoms with Gasteiger partial charge in [-0.15, -0.1) is 0 Å². The van der Waals surface area contributed by atoms with Gasteiger partial charge in [0.2, 0.25) is 0 Å². The highest BCUT2D eigenvalue weighted by molar-refractivity contribution is 5.96. The molecule has 2 rings (SSSR count). The molecule has 8 heteroatoms. The summed E-state index contributed by atoms with van der Waals surface area (Å²) in [5.41, 5.74) is 4.83. The summed E-state index contributed by atoms with van der Waals surface area (Å²) < 4.78 is 50.1. The van der Waals surface area contributed by atoms with E-state index in [-0.39, 0.29) is 48.8 Å². The largest absolute Gasteiger partial charge is 0.423 e. The third-order valence-corrected chi connectivity index (χ3v) is 3.55. The van der Waals surface area contributed by atoms with E-state index in [2.05, 4.69) is 0 Å². The minimum absolute atomic E-state index is 0.00382. The summed E-state index contributed by atoms with van der Waals surface area (Å²) in [7, 11) is 0. The number of hydrogen-bond acceptors (Lipinski definition) is 5. The molecule has 26 heavy (non-hydrogen) atoms. The van der Waals surface area contributed by atoms with Gasteiger partial charge in [0.05, 0.1) is 30.9 Å². The average Bonchev–Trinajstić information content (AvgIpc) is 2.59. The van der Waals surface area contributed by atoms with E-state index in [0.29, 0.717) is 0 Å². The number of aliphatic hydroxyl groups excluding tert-OH is 1. The molecule has 0 spiro atoms. The Balaban J connectivity index is 2.31. The first kappa shape index (κ1) is 19.7. The number of carbonyl (C=O) groups excluding carboxylic acids is 1. The second kappa shape index (κ2) is 8.68. The lowest BCUT2D eigenvalue weighted by atomic mass is 10.0. The Labute approximate surface area is 148 Å². The molecule has 0 unspecified atom stereocenters. The van der Waals surface area contributed by atoms with Gasteiger partial charge in [-0.05, 0) is 24.3 Å². The van der Waals surface area contributed by atoms with Crippen molar-refractivity contribution in [2.24, 2.45) is 0 Å². The van der Waals surface area contributed by atoms with Crippen LogP contribution in [-0.4, -0.2) is 30.9 Å². The molecule has 0 bridgehead atoms. The molecule has 0 saturated heterocycles. The Morgan fingerprint density at radius 3 is 2.46 bits per heavy atom. The first-order valence-corrected chi connectivity index (χ1v) is 7.79. The standard InChI is InChI=1S/C18H18F3NO4/c19-18(20,21)14-5-3-7-16(12(14)8-10-25-11-9-23)26-17(24)13-4-1-2-6-15(13)22/h1-7,23H,8-11,22H2. The molecule has 5 nitrogen and oxygen atoms in total. The topological polar surface area (TPSA) is 81.8 Å². The number of benzene rings is 2. The van der Waals surface area contributed by atoms with Crippen LogP contribution in [0.3, 0.4) is 0 Å². The maximum atomic E-state index is 13.3. The Kier molecular flexibility index (Phi) is 6.59. The van der Waals surface area contributed by atoms with Crippen LogP contribution in [0, 0.1) is 0 Å². The molecule has 0 atom stereocenters. The summed E-state index contributed by atoms with van der Waals surface area (Å²) in [6, 6.07) is 9.48. The number of para-hydroxylation sites is 1. The number of halogens is 3. The Hall–Kier alpha value is -2.58. The second-order valence-corrected chi connectivity index (χ2v) is 5.34.